The average Bonchev–Trinajstić information content (AvgIpc) is 2.87. The molecule has 0 saturated heterocycles. The van der Waals surface area contributed by atoms with Crippen LogP contribution in [0.5, 0.6) is 0 Å². The molecule has 0 aliphatic heterocycles. The quantitative estimate of drug-likeness (QED) is 0.385. The fourth-order valence-electron chi connectivity index (χ4n) is 1.33. The number of anilines is 2. The van der Waals surface area contributed by atoms with Crippen molar-refractivity contribution in [2.45, 2.75) is 0 Å². The van der Waals surface area contributed by atoms with Gasteiger partial charge in [0.05, 0.1) is 5.16 Å². The highest BCUT2D eigenvalue weighted by molar-refractivity contribution is 5.98. The number of nitrogens with two attached hydrogens (primary N) is 2. The molecular weight excluding hydrogens is 283 g/mol. The first kappa shape index (κ1) is 14.2. The largest absolute Gasteiger partial charge is 0.384 e. The highest BCUT2D eigenvalue weighted by atomic mass is 19.1. The third-order valence-corrected chi connectivity index (χ3v) is 2.28. The fraction of sp³-hybridized carbons (Fsp3) is 0.0909. The molecular formula is C11H12FN6O3+. The molecule has 0 unspecified atom stereocenters. The first-order chi connectivity index (χ1) is 10.1. The smallest absolute Gasteiger partial charge is 0.303 e. The summed E-state index contributed by atoms with van der Waals surface area (Å²) in [5.74, 6) is -0.954. The first-order valence-electron chi connectivity index (χ1n) is 5.70. The minimum absolute atomic E-state index is 0.0777. The van der Waals surface area contributed by atoms with Gasteiger partial charge in [-0.3, -0.25) is 4.79 Å². The zero-order valence-corrected chi connectivity index (χ0v) is 10.7. The lowest BCUT2D eigenvalue weighted by Crippen LogP contribution is -2.21. The number of H-pyrrole nitrogens is 1. The van der Waals surface area contributed by atoms with Crippen molar-refractivity contribution in [3.63, 3.8) is 0 Å². The third-order valence-electron chi connectivity index (χ3n) is 2.28. The number of carbonyl (C=O) groups is 1. The van der Waals surface area contributed by atoms with Crippen molar-refractivity contribution in [1.82, 2.24) is 5.16 Å². The lowest BCUT2D eigenvalue weighted by molar-refractivity contribution is -0.610. The molecule has 0 aliphatic rings. The highest BCUT2D eigenvalue weighted by Gasteiger charge is 2.18. The molecule has 6 N–H and O–H groups in total. The van der Waals surface area contributed by atoms with Crippen molar-refractivity contribution in [2.24, 2.45) is 10.9 Å². The van der Waals surface area contributed by atoms with E-state index in [4.69, 9.17) is 16.3 Å². The number of aromatic nitrogens is 2. The van der Waals surface area contributed by atoms with Crippen molar-refractivity contribution >= 4 is 23.2 Å². The molecule has 21 heavy (non-hydrogen) atoms. The molecule has 0 bridgehead atoms. The Kier molecular flexibility index (Phi) is 4.29. The number of nitrogen functional groups attached to an aromatic ring is 1. The summed E-state index contributed by atoms with van der Waals surface area (Å²) in [4.78, 5) is 16.3. The van der Waals surface area contributed by atoms with Crippen molar-refractivity contribution < 1.29 is 23.8 Å². The van der Waals surface area contributed by atoms with Crippen LogP contribution in [-0.4, -0.2) is 23.5 Å². The summed E-state index contributed by atoms with van der Waals surface area (Å²) in [6.45, 7) is -0.389. The summed E-state index contributed by atoms with van der Waals surface area (Å²) in [5, 5.41) is 11.7. The van der Waals surface area contributed by atoms with Gasteiger partial charge in [-0.15, -0.1) is 4.63 Å². The Morgan fingerprint density at radius 2 is 2.19 bits per heavy atom. The van der Waals surface area contributed by atoms with Crippen molar-refractivity contribution in [1.29, 1.82) is 0 Å². The zero-order chi connectivity index (χ0) is 15.2. The van der Waals surface area contributed by atoms with Crippen molar-refractivity contribution in [3.8, 4) is 0 Å². The summed E-state index contributed by atoms with van der Waals surface area (Å²) in [5.41, 5.74) is 11.5. The van der Waals surface area contributed by atoms with E-state index < -0.39 is 11.7 Å². The summed E-state index contributed by atoms with van der Waals surface area (Å²) < 4.78 is 17.1. The Morgan fingerprint density at radius 3 is 2.81 bits per heavy atom. The molecule has 2 aromatic rings. The topological polar surface area (TPSA) is 143 Å². The molecule has 2 rings (SSSR count). The predicted molar refractivity (Wildman–Crippen MR) is 69.2 cm³/mol. The normalized spacial score (nSPS) is 11.2. The van der Waals surface area contributed by atoms with Gasteiger partial charge in [-0.2, -0.15) is 0 Å². The van der Waals surface area contributed by atoms with Gasteiger partial charge in [0.2, 0.25) is 5.84 Å². The number of aromatic amines is 1. The summed E-state index contributed by atoms with van der Waals surface area (Å²) >= 11 is 0. The number of halogens is 1. The number of amidine groups is 1. The van der Waals surface area contributed by atoms with Crippen LogP contribution in [0, 0.1) is 5.82 Å². The van der Waals surface area contributed by atoms with Crippen molar-refractivity contribution in [3.05, 3.63) is 35.8 Å². The molecule has 0 aliphatic carbocycles. The van der Waals surface area contributed by atoms with E-state index in [0.717, 1.165) is 0 Å². The van der Waals surface area contributed by atoms with E-state index in [1.54, 1.807) is 0 Å². The van der Waals surface area contributed by atoms with Crippen LogP contribution in [0.15, 0.2) is 34.1 Å². The number of carbonyl (C=O) groups excluding carboxylic acids is 1. The number of rotatable bonds is 5. The van der Waals surface area contributed by atoms with Crippen LogP contribution in [0.2, 0.25) is 0 Å². The van der Waals surface area contributed by atoms with Gasteiger partial charge in [-0.25, -0.2) is 4.39 Å². The number of nitrogens with zero attached hydrogens (tertiary/aromatic N) is 2. The van der Waals surface area contributed by atoms with E-state index in [1.807, 2.05) is 0 Å². The zero-order valence-electron chi connectivity index (χ0n) is 10.7. The first-order valence-corrected chi connectivity index (χ1v) is 5.70. The maximum Gasteiger partial charge on any atom is 0.303 e. The summed E-state index contributed by atoms with van der Waals surface area (Å²) in [6, 6.07) is 5.26. The van der Waals surface area contributed by atoms with Gasteiger partial charge >= 0.3 is 11.5 Å². The molecule has 10 heteroatoms. The second kappa shape index (κ2) is 6.32. The maximum atomic E-state index is 12.7. The lowest BCUT2D eigenvalue weighted by atomic mass is 10.3. The second-order valence-corrected chi connectivity index (χ2v) is 3.85. The van der Waals surface area contributed by atoms with Crippen LogP contribution < -0.4 is 21.9 Å². The molecule has 9 nitrogen and oxygen atoms in total. The average molecular weight is 295 g/mol. The molecule has 0 radical (unpaired) electrons. The van der Waals surface area contributed by atoms with Crippen LogP contribution in [0.4, 0.5) is 15.9 Å². The number of hydrogen-bond donors (Lipinski definition) is 3. The van der Waals surface area contributed by atoms with Crippen molar-refractivity contribution in [2.75, 3.05) is 17.7 Å². The Morgan fingerprint density at radius 1 is 1.48 bits per heavy atom. The van der Waals surface area contributed by atoms with Gasteiger partial charge in [0.1, 0.15) is 5.82 Å². The molecule has 110 valence electrons. The van der Waals surface area contributed by atoms with Gasteiger partial charge in [-0.1, -0.05) is 10.3 Å². The monoisotopic (exact) mass is 295 g/mol. The number of nitrogens with one attached hydrogen (secondary N) is 2. The van der Waals surface area contributed by atoms with Gasteiger partial charge in [0.15, 0.2) is 6.61 Å². The molecule has 1 heterocycles. The van der Waals surface area contributed by atoms with Crippen LogP contribution >= 0.6 is 0 Å². The van der Waals surface area contributed by atoms with Gasteiger partial charge in [0, 0.05) is 5.69 Å². The van der Waals surface area contributed by atoms with Crippen LogP contribution in [0.3, 0.4) is 0 Å². The summed E-state index contributed by atoms with van der Waals surface area (Å²) in [7, 11) is 0. The highest BCUT2D eigenvalue weighted by Crippen LogP contribution is 2.07. The minimum atomic E-state index is -0.488. The Hall–Kier alpha value is -3.17. The molecule has 0 fully saturated rings. The van der Waals surface area contributed by atoms with Gasteiger partial charge in [0.25, 0.3) is 5.91 Å². The molecule has 0 spiro atoms. The lowest BCUT2D eigenvalue weighted by Gasteiger charge is -2.03. The molecule has 1 aromatic heterocycles. The van der Waals surface area contributed by atoms with E-state index in [9.17, 15) is 9.18 Å². The second-order valence-electron chi connectivity index (χ2n) is 3.85. The van der Waals surface area contributed by atoms with Crippen LogP contribution in [-0.2, 0) is 9.63 Å². The minimum Gasteiger partial charge on any atom is -0.384 e. The van der Waals surface area contributed by atoms with Gasteiger partial charge in [-0.05, 0) is 24.3 Å². The maximum absolute atomic E-state index is 12.7. The molecule has 0 atom stereocenters. The molecule has 1 aromatic carbocycles. The van der Waals surface area contributed by atoms with Crippen LogP contribution in [0.1, 0.15) is 5.69 Å². The Balaban J connectivity index is 1.84. The Bertz CT molecular complexity index is 654. The number of oxime groups is 1. The SMILES string of the molecule is NC(=NOCC(=O)Nc1ccc(F)cc1)c1no[nH+]c1N. The Labute approximate surface area is 117 Å². The molecule has 1 amide bonds. The standard InChI is InChI=1S/C11H11FN6O3/c12-6-1-3-7(4-2-6)15-8(19)5-20-17-10(13)9-11(14)18-21-16-9/h1-4H,5H2,(H2,13,17)(H2,14,18)(H,15,19)/p+1. The van der Waals surface area contributed by atoms with Gasteiger partial charge < -0.3 is 21.6 Å². The number of benzene rings is 1. The third kappa shape index (κ3) is 3.89. The number of amides is 1. The number of hydrogen-bond acceptors (Lipinski definition) is 6. The van der Waals surface area contributed by atoms with Crippen LogP contribution in [0.25, 0.3) is 0 Å². The predicted octanol–water partition coefficient (Wildman–Crippen LogP) is -0.514. The van der Waals surface area contributed by atoms with E-state index in [0.29, 0.717) is 5.69 Å². The van der Waals surface area contributed by atoms with E-state index >= 15 is 0 Å². The molecule has 0 saturated carbocycles. The summed E-state index contributed by atoms with van der Waals surface area (Å²) in [6.07, 6.45) is 0. The van der Waals surface area contributed by atoms with E-state index in [1.165, 1.54) is 24.3 Å². The fourth-order valence-corrected chi connectivity index (χ4v) is 1.33. The van der Waals surface area contributed by atoms with E-state index in [2.05, 4.69) is 25.4 Å². The van der Waals surface area contributed by atoms with E-state index in [-0.39, 0.29) is 24.0 Å².